The van der Waals surface area contributed by atoms with Gasteiger partial charge in [-0.15, -0.1) is 51.6 Å². The summed E-state index contributed by atoms with van der Waals surface area (Å²) < 4.78 is 0. The van der Waals surface area contributed by atoms with Gasteiger partial charge in [0.25, 0.3) is 0 Å². The van der Waals surface area contributed by atoms with E-state index in [0.29, 0.717) is 5.41 Å². The van der Waals surface area contributed by atoms with Gasteiger partial charge in [-0.1, -0.05) is 13.8 Å². The Morgan fingerprint density at radius 1 is 1.25 bits per heavy atom. The molecule has 0 amide bonds. The molecule has 1 rings (SSSR count). The number of rotatable bonds is 3. The first-order valence-corrected chi connectivity index (χ1v) is 6.87. The van der Waals surface area contributed by atoms with Crippen LogP contribution in [-0.2, 0) is 21.7 Å². The van der Waals surface area contributed by atoms with Crippen LogP contribution in [0.3, 0.4) is 0 Å². The SMILES string of the molecule is CP(C)CC(C)(C)C1=[C-]CC=C1.Cl.Cl.Cl.[Ti]. The monoisotopic (exact) mass is 337 g/mol. The Morgan fingerprint density at radius 3 is 2.06 bits per heavy atom. The first-order valence-electron chi connectivity index (χ1n) is 4.45. The van der Waals surface area contributed by atoms with Crippen LogP contribution in [0.5, 0.6) is 0 Å². The fourth-order valence-electron chi connectivity index (χ4n) is 1.75. The van der Waals surface area contributed by atoms with E-state index < -0.39 is 0 Å². The van der Waals surface area contributed by atoms with Crippen molar-refractivity contribution in [1.82, 2.24) is 0 Å². The van der Waals surface area contributed by atoms with Crippen molar-refractivity contribution in [3.8, 4) is 0 Å². The zero-order chi connectivity index (χ0) is 9.19. The van der Waals surface area contributed by atoms with E-state index in [2.05, 4.69) is 45.4 Å². The van der Waals surface area contributed by atoms with E-state index in [4.69, 9.17) is 0 Å². The van der Waals surface area contributed by atoms with E-state index in [-0.39, 0.29) is 66.9 Å². The van der Waals surface area contributed by atoms with E-state index in [0.717, 1.165) is 6.42 Å². The second-order valence-electron chi connectivity index (χ2n) is 4.32. The molecule has 0 atom stereocenters. The first-order chi connectivity index (χ1) is 5.52. The zero-order valence-electron chi connectivity index (χ0n) is 10.2. The maximum Gasteiger partial charge on any atom is 0 e. The molecule has 1 aliphatic carbocycles. The summed E-state index contributed by atoms with van der Waals surface area (Å²) >= 11 is 0. The van der Waals surface area contributed by atoms with Crippen molar-refractivity contribution in [2.24, 2.45) is 5.41 Å². The minimum atomic E-state index is 0. The Morgan fingerprint density at radius 2 is 1.75 bits per heavy atom. The molecule has 0 spiro atoms. The summed E-state index contributed by atoms with van der Waals surface area (Å²) in [5.41, 5.74) is 1.76. The van der Waals surface area contributed by atoms with Crippen LogP contribution in [0.2, 0.25) is 0 Å². The largest absolute Gasteiger partial charge is 0.269 e. The number of hydrogen-bond donors (Lipinski definition) is 0. The number of allylic oxidation sites excluding steroid dienone is 4. The second-order valence-corrected chi connectivity index (χ2v) is 6.79. The molecule has 0 heterocycles. The van der Waals surface area contributed by atoms with Crippen molar-refractivity contribution in [3.63, 3.8) is 0 Å². The van der Waals surface area contributed by atoms with Crippen LogP contribution in [-0.4, -0.2) is 19.5 Å². The van der Waals surface area contributed by atoms with Gasteiger partial charge >= 0.3 is 0 Å². The molecule has 0 nitrogen and oxygen atoms in total. The molecule has 0 saturated heterocycles. The van der Waals surface area contributed by atoms with Crippen molar-refractivity contribution in [1.29, 1.82) is 0 Å². The molecule has 0 bridgehead atoms. The van der Waals surface area contributed by atoms with Crippen molar-refractivity contribution >= 4 is 45.1 Å². The van der Waals surface area contributed by atoms with E-state index >= 15 is 0 Å². The molecule has 1 aliphatic rings. The van der Waals surface area contributed by atoms with Crippen molar-refractivity contribution in [2.75, 3.05) is 19.5 Å². The normalized spacial score (nSPS) is 12.9. The molecular formula is C11H21Cl3PTi-. The van der Waals surface area contributed by atoms with Gasteiger partial charge < -0.3 is 0 Å². The van der Waals surface area contributed by atoms with Crippen LogP contribution in [0.4, 0.5) is 0 Å². The number of halogens is 3. The third kappa shape index (κ3) is 8.57. The van der Waals surface area contributed by atoms with Gasteiger partial charge in [-0.05, 0) is 24.9 Å². The van der Waals surface area contributed by atoms with Crippen LogP contribution in [0, 0.1) is 11.5 Å². The molecule has 0 unspecified atom stereocenters. The summed E-state index contributed by atoms with van der Waals surface area (Å²) in [5, 5.41) is 0. The van der Waals surface area contributed by atoms with Gasteiger partial charge in [0.15, 0.2) is 0 Å². The molecule has 16 heavy (non-hydrogen) atoms. The molecule has 0 aromatic carbocycles. The average Bonchev–Trinajstić information content (AvgIpc) is 2.32. The maximum absolute atomic E-state index is 3.42. The molecule has 0 aromatic rings. The quantitative estimate of drug-likeness (QED) is 0.397. The topological polar surface area (TPSA) is 0 Å². The summed E-state index contributed by atoms with van der Waals surface area (Å²) in [6, 6.07) is 0. The minimum Gasteiger partial charge on any atom is -0.269 e. The third-order valence-electron chi connectivity index (χ3n) is 2.14. The van der Waals surface area contributed by atoms with Crippen LogP contribution >= 0.6 is 45.1 Å². The third-order valence-corrected chi connectivity index (χ3v) is 3.56. The molecule has 0 fully saturated rings. The summed E-state index contributed by atoms with van der Waals surface area (Å²) in [6.45, 7) is 9.34. The summed E-state index contributed by atoms with van der Waals surface area (Å²) in [5.74, 6) is 0. The van der Waals surface area contributed by atoms with Gasteiger partial charge in [0.05, 0.1) is 0 Å². The van der Waals surface area contributed by atoms with Gasteiger partial charge in [-0.2, -0.15) is 6.08 Å². The smallest absolute Gasteiger partial charge is 0 e. The van der Waals surface area contributed by atoms with Crippen molar-refractivity contribution in [2.45, 2.75) is 20.3 Å². The summed E-state index contributed by atoms with van der Waals surface area (Å²) in [7, 11) is 0.201. The van der Waals surface area contributed by atoms with E-state index in [1.54, 1.807) is 0 Å². The molecule has 0 aliphatic heterocycles. The maximum atomic E-state index is 3.42. The van der Waals surface area contributed by atoms with E-state index in [9.17, 15) is 0 Å². The van der Waals surface area contributed by atoms with Gasteiger partial charge in [-0.3, -0.25) is 6.08 Å². The summed E-state index contributed by atoms with van der Waals surface area (Å²) in [4.78, 5) is 0. The average molecular weight is 338 g/mol. The Hall–Kier alpha value is 1.49. The van der Waals surface area contributed by atoms with Gasteiger partial charge in [-0.25, -0.2) is 11.6 Å². The molecule has 5 heteroatoms. The van der Waals surface area contributed by atoms with Crippen molar-refractivity contribution in [3.05, 3.63) is 23.8 Å². The fourth-order valence-corrected chi connectivity index (χ4v) is 3.50. The molecule has 0 N–H and O–H groups in total. The number of hydrogen-bond acceptors (Lipinski definition) is 0. The molecule has 96 valence electrons. The standard InChI is InChI=1S/C11H18P.3ClH.Ti/c1-11(2,9-12(3)4)10-7-5-6-8-10;;;;/h5,7H,6,9H2,1-4H3;3*1H;/q-1;;;;. The Kier molecular flexibility index (Phi) is 18.9. The molecular weight excluding hydrogens is 317 g/mol. The van der Waals surface area contributed by atoms with Crippen LogP contribution < -0.4 is 0 Å². The van der Waals surface area contributed by atoms with Crippen LogP contribution in [0.1, 0.15) is 20.3 Å². The zero-order valence-corrected chi connectivity index (χ0v) is 15.1. The Balaban J connectivity index is -0.000000180. The van der Waals surface area contributed by atoms with Gasteiger partial charge in [0.2, 0.25) is 0 Å². The first kappa shape index (κ1) is 26.1. The predicted octanol–water partition coefficient (Wildman–Crippen LogP) is 4.71. The van der Waals surface area contributed by atoms with Crippen molar-refractivity contribution < 1.29 is 21.7 Å². The van der Waals surface area contributed by atoms with Crippen LogP contribution in [0.15, 0.2) is 17.7 Å². The second kappa shape index (κ2) is 11.6. The Bertz CT molecular complexity index is 225. The van der Waals surface area contributed by atoms with Crippen LogP contribution in [0.25, 0.3) is 0 Å². The van der Waals surface area contributed by atoms with E-state index in [1.165, 1.54) is 11.7 Å². The van der Waals surface area contributed by atoms with Gasteiger partial charge in [0.1, 0.15) is 0 Å². The fraction of sp³-hybridized carbons (Fsp3) is 0.636. The molecule has 0 saturated carbocycles. The molecule has 0 aromatic heterocycles. The predicted molar refractivity (Wildman–Crippen MR) is 79.7 cm³/mol. The Labute approximate surface area is 135 Å². The minimum absolute atomic E-state index is 0. The van der Waals surface area contributed by atoms with Gasteiger partial charge in [0, 0.05) is 21.7 Å². The van der Waals surface area contributed by atoms with E-state index in [1.807, 2.05) is 0 Å². The molecule has 0 radical (unpaired) electrons. The summed E-state index contributed by atoms with van der Waals surface area (Å²) in [6.07, 6.45) is 10.2.